The Morgan fingerprint density at radius 3 is 2.55 bits per heavy atom. The molecule has 0 aromatic carbocycles. The molecular weight excluding hydrogens is 369 g/mol. The zero-order valence-corrected chi connectivity index (χ0v) is 15.0. The van der Waals surface area contributed by atoms with Crippen LogP contribution >= 0.6 is 24.0 Å². The molecule has 0 bridgehead atoms. The maximum absolute atomic E-state index is 9.70. The minimum atomic E-state index is -0.578. The Kier molecular flexibility index (Phi) is 11.5. The molecule has 0 saturated heterocycles. The number of aliphatic hydroxyl groups is 1. The fourth-order valence-corrected chi connectivity index (χ4v) is 2.20. The Balaban J connectivity index is 0.00000361. The lowest BCUT2D eigenvalue weighted by Crippen LogP contribution is -2.41. The summed E-state index contributed by atoms with van der Waals surface area (Å²) in [5.41, 5.74) is 5.82. The molecule has 120 valence electrons. The summed E-state index contributed by atoms with van der Waals surface area (Å²) < 4.78 is 5.36. The number of nitrogens with one attached hydrogen (secondary N) is 1. The van der Waals surface area contributed by atoms with Crippen molar-refractivity contribution in [2.24, 2.45) is 16.6 Å². The molecule has 0 aliphatic heterocycles. The second-order valence-corrected chi connectivity index (χ2v) is 5.79. The zero-order chi connectivity index (χ0) is 14.1. The van der Waals surface area contributed by atoms with Crippen LogP contribution in [0.5, 0.6) is 0 Å². The van der Waals surface area contributed by atoms with Crippen LogP contribution in [0.15, 0.2) is 4.99 Å². The molecule has 0 aromatic heterocycles. The van der Waals surface area contributed by atoms with Crippen LogP contribution in [-0.4, -0.2) is 43.0 Å². The van der Waals surface area contributed by atoms with Crippen LogP contribution in [0.3, 0.4) is 0 Å². The number of ether oxygens (including phenoxy) is 1. The first-order valence-electron chi connectivity index (χ1n) is 7.40. The molecule has 0 heterocycles. The zero-order valence-electron chi connectivity index (χ0n) is 12.7. The highest BCUT2D eigenvalue weighted by Crippen LogP contribution is 2.16. The van der Waals surface area contributed by atoms with Crippen molar-refractivity contribution in [1.29, 1.82) is 0 Å². The molecule has 1 aliphatic rings. The average Bonchev–Trinajstić information content (AvgIpc) is 2.37. The third-order valence-electron chi connectivity index (χ3n) is 3.19. The van der Waals surface area contributed by atoms with E-state index < -0.39 is 6.10 Å². The molecule has 5 nitrogen and oxygen atoms in total. The van der Waals surface area contributed by atoms with Gasteiger partial charge in [-0.15, -0.1) is 24.0 Å². The highest BCUT2D eigenvalue weighted by atomic mass is 127. The van der Waals surface area contributed by atoms with Gasteiger partial charge in [0.2, 0.25) is 0 Å². The maximum atomic E-state index is 9.70. The van der Waals surface area contributed by atoms with Crippen molar-refractivity contribution in [2.75, 3.05) is 19.8 Å². The summed E-state index contributed by atoms with van der Waals surface area (Å²) in [5.74, 6) is 0.920. The lowest BCUT2D eigenvalue weighted by molar-refractivity contribution is 0.0301. The van der Waals surface area contributed by atoms with Gasteiger partial charge in [0, 0.05) is 12.6 Å². The van der Waals surface area contributed by atoms with Crippen molar-refractivity contribution >= 4 is 29.9 Å². The van der Waals surface area contributed by atoms with Crippen LogP contribution in [0.4, 0.5) is 0 Å². The van der Waals surface area contributed by atoms with E-state index in [1.807, 2.05) is 0 Å². The number of hydrogen-bond donors (Lipinski definition) is 3. The van der Waals surface area contributed by atoms with Crippen molar-refractivity contribution in [3.63, 3.8) is 0 Å². The van der Waals surface area contributed by atoms with Gasteiger partial charge in [0.25, 0.3) is 0 Å². The molecule has 4 N–H and O–H groups in total. The van der Waals surface area contributed by atoms with Gasteiger partial charge in [-0.05, 0) is 18.8 Å². The summed E-state index contributed by atoms with van der Waals surface area (Å²) >= 11 is 0. The predicted molar refractivity (Wildman–Crippen MR) is 93.6 cm³/mol. The van der Waals surface area contributed by atoms with Gasteiger partial charge in [-0.3, -0.25) is 4.99 Å². The predicted octanol–water partition coefficient (Wildman–Crippen LogP) is 1.87. The van der Waals surface area contributed by atoms with E-state index in [1.54, 1.807) is 0 Å². The molecule has 1 atom stereocenters. The van der Waals surface area contributed by atoms with E-state index in [9.17, 15) is 5.11 Å². The molecule has 0 amide bonds. The molecule has 0 radical (unpaired) electrons. The van der Waals surface area contributed by atoms with Crippen molar-refractivity contribution in [1.82, 2.24) is 5.32 Å². The van der Waals surface area contributed by atoms with E-state index in [0.29, 0.717) is 37.7 Å². The number of aliphatic imine (C=N–C) groups is 1. The monoisotopic (exact) mass is 399 g/mol. The summed E-state index contributed by atoms with van der Waals surface area (Å²) in [5, 5.41) is 12.9. The number of rotatable bonds is 7. The third kappa shape index (κ3) is 9.77. The van der Waals surface area contributed by atoms with E-state index in [4.69, 9.17) is 10.5 Å². The van der Waals surface area contributed by atoms with Gasteiger partial charge in [-0.2, -0.15) is 0 Å². The fourth-order valence-electron chi connectivity index (χ4n) is 2.20. The summed E-state index contributed by atoms with van der Waals surface area (Å²) in [6.45, 7) is 5.44. The highest BCUT2D eigenvalue weighted by Gasteiger charge is 2.13. The van der Waals surface area contributed by atoms with Crippen molar-refractivity contribution < 1.29 is 9.84 Å². The van der Waals surface area contributed by atoms with Crippen LogP contribution in [0, 0.1) is 5.92 Å². The first-order chi connectivity index (χ1) is 9.08. The summed E-state index contributed by atoms with van der Waals surface area (Å²) in [6, 6.07) is 0.451. The number of nitrogens with two attached hydrogens (primary N) is 1. The van der Waals surface area contributed by atoms with Crippen LogP contribution < -0.4 is 11.1 Å². The van der Waals surface area contributed by atoms with Gasteiger partial charge in [0.15, 0.2) is 5.96 Å². The van der Waals surface area contributed by atoms with Crippen molar-refractivity contribution in [3.8, 4) is 0 Å². The molecule has 0 aromatic rings. The molecule has 1 fully saturated rings. The van der Waals surface area contributed by atoms with Crippen LogP contribution in [0.1, 0.15) is 46.0 Å². The summed E-state index contributed by atoms with van der Waals surface area (Å²) in [4.78, 5) is 4.17. The highest BCUT2D eigenvalue weighted by molar-refractivity contribution is 14.0. The van der Waals surface area contributed by atoms with Gasteiger partial charge >= 0.3 is 0 Å². The number of guanidine groups is 1. The molecule has 1 aliphatic carbocycles. The molecule has 1 unspecified atom stereocenters. The molecule has 0 spiro atoms. The van der Waals surface area contributed by atoms with Gasteiger partial charge in [0.05, 0.1) is 19.3 Å². The smallest absolute Gasteiger partial charge is 0.188 e. The SMILES string of the molecule is CC(C)COCC(O)CN=C(N)NC1CCCCC1.I. The van der Waals surface area contributed by atoms with Gasteiger partial charge < -0.3 is 20.9 Å². The standard InChI is InChI=1S/C14H29N3O2.HI/c1-11(2)9-19-10-13(18)8-16-14(15)17-12-6-4-3-5-7-12;/h11-13,18H,3-10H2,1-2H3,(H3,15,16,17);1H. The Hall–Kier alpha value is -0.0800. The van der Waals surface area contributed by atoms with Crippen molar-refractivity contribution in [3.05, 3.63) is 0 Å². The van der Waals surface area contributed by atoms with E-state index >= 15 is 0 Å². The second kappa shape index (κ2) is 11.6. The largest absolute Gasteiger partial charge is 0.389 e. The maximum Gasteiger partial charge on any atom is 0.188 e. The average molecular weight is 399 g/mol. The Bertz CT molecular complexity index is 269. The van der Waals surface area contributed by atoms with Crippen LogP contribution in [0.2, 0.25) is 0 Å². The Morgan fingerprint density at radius 2 is 1.95 bits per heavy atom. The fraction of sp³-hybridized carbons (Fsp3) is 0.929. The molecule has 6 heteroatoms. The van der Waals surface area contributed by atoms with E-state index in [-0.39, 0.29) is 24.0 Å². The molecule has 1 saturated carbocycles. The quantitative estimate of drug-likeness (QED) is 0.347. The van der Waals surface area contributed by atoms with Gasteiger partial charge in [0.1, 0.15) is 0 Å². The topological polar surface area (TPSA) is 79.9 Å². The number of halogens is 1. The number of hydrogen-bond acceptors (Lipinski definition) is 3. The lowest BCUT2D eigenvalue weighted by atomic mass is 9.96. The van der Waals surface area contributed by atoms with Crippen LogP contribution in [-0.2, 0) is 4.74 Å². The molecular formula is C14H30IN3O2. The van der Waals surface area contributed by atoms with Gasteiger partial charge in [-0.25, -0.2) is 0 Å². The summed E-state index contributed by atoms with van der Waals surface area (Å²) in [6.07, 6.45) is 5.59. The van der Waals surface area contributed by atoms with Crippen molar-refractivity contribution in [2.45, 2.75) is 58.1 Å². The van der Waals surface area contributed by atoms with Crippen LogP contribution in [0.25, 0.3) is 0 Å². The van der Waals surface area contributed by atoms with E-state index in [0.717, 1.165) is 12.8 Å². The normalized spacial score (nSPS) is 18.7. The summed E-state index contributed by atoms with van der Waals surface area (Å²) in [7, 11) is 0. The molecule has 20 heavy (non-hydrogen) atoms. The minimum absolute atomic E-state index is 0. The minimum Gasteiger partial charge on any atom is -0.389 e. The van der Waals surface area contributed by atoms with E-state index in [1.165, 1.54) is 19.3 Å². The Morgan fingerprint density at radius 1 is 1.30 bits per heavy atom. The Labute approximate surface area is 139 Å². The van der Waals surface area contributed by atoms with Gasteiger partial charge in [-0.1, -0.05) is 33.1 Å². The lowest BCUT2D eigenvalue weighted by Gasteiger charge is -2.23. The second-order valence-electron chi connectivity index (χ2n) is 5.79. The number of aliphatic hydroxyl groups excluding tert-OH is 1. The third-order valence-corrected chi connectivity index (χ3v) is 3.19. The number of nitrogens with zero attached hydrogens (tertiary/aromatic N) is 1. The van der Waals surface area contributed by atoms with E-state index in [2.05, 4.69) is 24.2 Å². The molecule has 1 rings (SSSR count). The first-order valence-corrected chi connectivity index (χ1v) is 7.40. The first kappa shape index (κ1) is 19.9.